The van der Waals surface area contributed by atoms with E-state index >= 15 is 0 Å². The molecule has 0 bridgehead atoms. The Bertz CT molecular complexity index is 810. The maximum absolute atomic E-state index is 12.7. The van der Waals surface area contributed by atoms with Gasteiger partial charge in [-0.15, -0.1) is 0 Å². The number of nitrogens with two attached hydrogens (primary N) is 1. The number of nitrogens with one attached hydrogen (secondary N) is 4. The molecule has 2 amide bonds. The molecule has 1 rings (SSSR count). The first-order chi connectivity index (χ1) is 14.0. The van der Waals surface area contributed by atoms with Crippen molar-refractivity contribution in [3.8, 4) is 0 Å². The van der Waals surface area contributed by atoms with Gasteiger partial charge in [0.2, 0.25) is 11.8 Å². The van der Waals surface area contributed by atoms with E-state index in [-0.39, 0.29) is 24.8 Å². The quantitative estimate of drug-likeness (QED) is 0.195. The molecular formula is C19H27N5O6. The van der Waals surface area contributed by atoms with Gasteiger partial charge in [-0.2, -0.15) is 0 Å². The Morgan fingerprint density at radius 2 is 1.83 bits per heavy atom. The van der Waals surface area contributed by atoms with Crippen LogP contribution in [0.1, 0.15) is 38.2 Å². The summed E-state index contributed by atoms with van der Waals surface area (Å²) in [6, 6.07) is 4.97. The number of carbonyl (C=O) groups is 4. The topological polar surface area (TPSA) is 195 Å². The van der Waals surface area contributed by atoms with E-state index in [0.29, 0.717) is 11.3 Å². The highest BCUT2D eigenvalue weighted by Crippen LogP contribution is 2.24. The van der Waals surface area contributed by atoms with E-state index in [1.54, 1.807) is 26.0 Å². The summed E-state index contributed by atoms with van der Waals surface area (Å²) in [6.45, 7) is 3.42. The first-order valence-corrected chi connectivity index (χ1v) is 9.24. The van der Waals surface area contributed by atoms with Crippen molar-refractivity contribution in [2.75, 3.05) is 11.9 Å². The van der Waals surface area contributed by atoms with E-state index in [4.69, 9.17) is 11.1 Å². The Kier molecular flexibility index (Phi) is 9.27. The minimum atomic E-state index is -1.23. The van der Waals surface area contributed by atoms with E-state index in [9.17, 15) is 29.4 Å². The molecule has 1 aromatic rings. The second-order valence-corrected chi connectivity index (χ2v) is 6.98. The Morgan fingerprint density at radius 3 is 2.37 bits per heavy atom. The fourth-order valence-electron chi connectivity index (χ4n) is 2.67. The van der Waals surface area contributed by atoms with Gasteiger partial charge >= 0.3 is 11.9 Å². The van der Waals surface area contributed by atoms with Gasteiger partial charge in [-0.05, 0) is 23.6 Å². The van der Waals surface area contributed by atoms with E-state index < -0.39 is 42.1 Å². The lowest BCUT2D eigenvalue weighted by atomic mass is 9.93. The van der Waals surface area contributed by atoms with Crippen molar-refractivity contribution in [3.63, 3.8) is 0 Å². The van der Waals surface area contributed by atoms with Gasteiger partial charge in [0.25, 0.3) is 0 Å². The van der Waals surface area contributed by atoms with Crippen molar-refractivity contribution < 1.29 is 29.4 Å². The van der Waals surface area contributed by atoms with E-state index in [1.165, 1.54) is 12.1 Å². The van der Waals surface area contributed by atoms with E-state index in [0.717, 1.165) is 0 Å². The van der Waals surface area contributed by atoms with Gasteiger partial charge in [0.15, 0.2) is 5.96 Å². The predicted molar refractivity (Wildman–Crippen MR) is 109 cm³/mol. The maximum atomic E-state index is 12.7. The Balaban J connectivity index is 2.98. The lowest BCUT2D eigenvalue weighted by Gasteiger charge is -2.22. The third-order valence-corrected chi connectivity index (χ3v) is 4.17. The van der Waals surface area contributed by atoms with Gasteiger partial charge in [0.1, 0.15) is 6.04 Å². The van der Waals surface area contributed by atoms with Gasteiger partial charge < -0.3 is 31.9 Å². The van der Waals surface area contributed by atoms with Crippen LogP contribution in [0.3, 0.4) is 0 Å². The molecule has 8 N–H and O–H groups in total. The number of rotatable bonds is 11. The van der Waals surface area contributed by atoms with Crippen LogP contribution in [0, 0.1) is 11.3 Å². The molecule has 1 aromatic carbocycles. The summed E-state index contributed by atoms with van der Waals surface area (Å²) in [4.78, 5) is 47.3. The van der Waals surface area contributed by atoms with Crippen molar-refractivity contribution >= 4 is 35.4 Å². The van der Waals surface area contributed by atoms with Crippen LogP contribution < -0.4 is 21.7 Å². The smallest absolute Gasteiger partial charge is 0.326 e. The van der Waals surface area contributed by atoms with Gasteiger partial charge in [0.05, 0.1) is 12.3 Å². The van der Waals surface area contributed by atoms with E-state index in [1.807, 2.05) is 0 Å². The molecule has 0 spiro atoms. The summed E-state index contributed by atoms with van der Waals surface area (Å²) in [5.41, 5.74) is 5.81. The van der Waals surface area contributed by atoms with Crippen LogP contribution in [0.5, 0.6) is 0 Å². The van der Waals surface area contributed by atoms with Crippen LogP contribution in [-0.4, -0.2) is 52.5 Å². The van der Waals surface area contributed by atoms with Crippen molar-refractivity contribution in [3.05, 3.63) is 29.8 Å². The van der Waals surface area contributed by atoms with Crippen molar-refractivity contribution in [1.82, 2.24) is 10.6 Å². The van der Waals surface area contributed by atoms with Crippen LogP contribution in [0.4, 0.5) is 5.69 Å². The first-order valence-electron chi connectivity index (χ1n) is 9.24. The molecular weight excluding hydrogens is 394 g/mol. The first kappa shape index (κ1) is 24.4. The van der Waals surface area contributed by atoms with Gasteiger partial charge in [-0.3, -0.25) is 19.8 Å². The lowest BCUT2D eigenvalue weighted by molar-refractivity contribution is -0.144. The number of hydrogen-bond donors (Lipinski definition) is 7. The highest BCUT2D eigenvalue weighted by Gasteiger charge is 2.30. The van der Waals surface area contributed by atoms with Crippen molar-refractivity contribution in [1.29, 1.82) is 5.41 Å². The molecule has 0 unspecified atom stereocenters. The molecule has 0 heterocycles. The summed E-state index contributed by atoms with van der Waals surface area (Å²) >= 11 is 0. The number of carboxylic acid groups (broad SMARTS) is 2. The second kappa shape index (κ2) is 11.4. The molecule has 0 aliphatic heterocycles. The molecule has 0 aliphatic rings. The summed E-state index contributed by atoms with van der Waals surface area (Å²) in [7, 11) is 0. The van der Waals surface area contributed by atoms with Crippen molar-refractivity contribution in [2.24, 2.45) is 11.7 Å². The molecule has 11 heteroatoms. The molecule has 30 heavy (non-hydrogen) atoms. The molecule has 0 aliphatic carbocycles. The van der Waals surface area contributed by atoms with Crippen LogP contribution >= 0.6 is 0 Å². The molecule has 164 valence electrons. The Morgan fingerprint density at radius 1 is 1.17 bits per heavy atom. The third-order valence-electron chi connectivity index (χ3n) is 4.17. The lowest BCUT2D eigenvalue weighted by Crippen LogP contribution is -2.46. The van der Waals surface area contributed by atoms with Crippen LogP contribution in [-0.2, 0) is 19.2 Å². The maximum Gasteiger partial charge on any atom is 0.326 e. The zero-order valence-corrected chi connectivity index (χ0v) is 16.8. The van der Waals surface area contributed by atoms with Crippen LogP contribution in [0.2, 0.25) is 0 Å². The summed E-state index contributed by atoms with van der Waals surface area (Å²) in [5.74, 6) is -5.33. The van der Waals surface area contributed by atoms with Gasteiger partial charge in [0, 0.05) is 18.7 Å². The number of hydrogen-bond acceptors (Lipinski definition) is 5. The van der Waals surface area contributed by atoms with Crippen LogP contribution in [0.25, 0.3) is 0 Å². The molecule has 0 fully saturated rings. The zero-order valence-electron chi connectivity index (χ0n) is 16.8. The molecule has 2 atom stereocenters. The average Bonchev–Trinajstić information content (AvgIpc) is 2.63. The van der Waals surface area contributed by atoms with E-state index in [2.05, 4.69) is 16.0 Å². The fraction of sp³-hybridized carbons (Fsp3) is 0.421. The molecule has 0 radical (unpaired) electrons. The monoisotopic (exact) mass is 421 g/mol. The minimum Gasteiger partial charge on any atom is -0.481 e. The highest BCUT2D eigenvalue weighted by molar-refractivity contribution is 5.93. The highest BCUT2D eigenvalue weighted by atomic mass is 16.4. The molecule has 0 aromatic heterocycles. The predicted octanol–water partition coefficient (Wildman–Crippen LogP) is 0.282. The average molecular weight is 421 g/mol. The SMILES string of the molecule is CC(C)[C@@H](NC(=O)[C@H](CC(=O)O)c1cccc(NC(=O)CCNC(=N)N)c1)C(=O)O. The number of carbonyl (C=O) groups excluding carboxylic acids is 2. The summed E-state index contributed by atoms with van der Waals surface area (Å²) in [5, 5.41) is 33.0. The number of anilines is 1. The zero-order chi connectivity index (χ0) is 22.8. The Labute approximate surface area is 173 Å². The number of guanidine groups is 1. The largest absolute Gasteiger partial charge is 0.481 e. The number of carboxylic acids is 2. The minimum absolute atomic E-state index is 0.0392. The van der Waals surface area contributed by atoms with Crippen molar-refractivity contribution in [2.45, 2.75) is 38.6 Å². The molecule has 0 saturated heterocycles. The van der Waals surface area contributed by atoms with Crippen LogP contribution in [0.15, 0.2) is 24.3 Å². The standard InChI is InChI=1S/C19H27N5O6/c1-10(2)16(18(29)30)24-17(28)13(9-15(26)27)11-4-3-5-12(8-11)23-14(25)6-7-22-19(20)21/h3-5,8,10,13,16H,6-7,9H2,1-2H3,(H,23,25)(H,24,28)(H,26,27)(H,29,30)(H4,20,21,22)/t13-,16-/m1/s1. The van der Waals surface area contributed by atoms with Gasteiger partial charge in [-0.25, -0.2) is 4.79 Å². The molecule has 0 saturated carbocycles. The van der Waals surface area contributed by atoms with Gasteiger partial charge in [-0.1, -0.05) is 26.0 Å². The summed E-state index contributed by atoms with van der Waals surface area (Å²) < 4.78 is 0. The number of benzene rings is 1. The summed E-state index contributed by atoms with van der Waals surface area (Å²) in [6.07, 6.45) is -0.506. The Hall–Kier alpha value is -3.63. The number of amides is 2. The normalized spacial score (nSPS) is 12.5. The fourth-order valence-corrected chi connectivity index (χ4v) is 2.67. The number of aliphatic carboxylic acids is 2. The molecule has 11 nitrogen and oxygen atoms in total. The second-order valence-electron chi connectivity index (χ2n) is 6.98. The third kappa shape index (κ3) is 8.17.